The van der Waals surface area contributed by atoms with Crippen LogP contribution in [-0.2, 0) is 4.79 Å². The van der Waals surface area contributed by atoms with Crippen LogP contribution < -0.4 is 25.0 Å². The maximum absolute atomic E-state index is 12.7. The van der Waals surface area contributed by atoms with Gasteiger partial charge in [-0.25, -0.2) is 10.2 Å². The molecule has 0 aromatic heterocycles. The number of fused-ring (bicyclic) bond motifs is 1. The molecule has 12 heteroatoms. The quantitative estimate of drug-likeness (QED) is 0.168. The maximum Gasteiger partial charge on any atom is 0.343 e. The van der Waals surface area contributed by atoms with E-state index in [1.165, 1.54) is 55.5 Å². The van der Waals surface area contributed by atoms with Gasteiger partial charge >= 0.3 is 11.7 Å². The monoisotopic (exact) mass is 490 g/mol. The number of esters is 1. The van der Waals surface area contributed by atoms with Crippen LogP contribution in [0.3, 0.4) is 0 Å². The first-order valence-electron chi connectivity index (χ1n) is 10.4. The lowest BCUT2D eigenvalue weighted by molar-refractivity contribution is -0.385. The molecule has 0 spiro atoms. The van der Waals surface area contributed by atoms with Crippen molar-refractivity contribution < 1.29 is 33.5 Å². The van der Waals surface area contributed by atoms with E-state index in [0.717, 1.165) is 6.21 Å². The number of benzene rings is 3. The average Bonchev–Trinajstić information content (AvgIpc) is 3.32. The minimum atomic E-state index is -0.861. The topological polar surface area (TPSA) is 158 Å². The fraction of sp³-hybridized carbons (Fsp3) is 0.0833. The molecule has 0 saturated carbocycles. The molecule has 0 aliphatic carbocycles. The van der Waals surface area contributed by atoms with Crippen molar-refractivity contribution in [2.75, 3.05) is 12.1 Å². The number of hydrazone groups is 1. The summed E-state index contributed by atoms with van der Waals surface area (Å²) < 4.78 is 15.8. The van der Waals surface area contributed by atoms with Crippen LogP contribution in [-0.4, -0.2) is 35.7 Å². The molecule has 0 saturated heterocycles. The molecule has 0 unspecified atom stereocenters. The Morgan fingerprint density at radius 3 is 2.47 bits per heavy atom. The number of ether oxygens (including phenoxy) is 3. The number of carbonyl (C=O) groups excluding carboxylic acids is 3. The summed E-state index contributed by atoms with van der Waals surface area (Å²) in [6.07, 6.45) is 1.12. The van der Waals surface area contributed by atoms with Crippen LogP contribution in [0.15, 0.2) is 65.8 Å². The van der Waals surface area contributed by atoms with Gasteiger partial charge in [0.2, 0.25) is 18.4 Å². The normalized spacial score (nSPS) is 11.7. The van der Waals surface area contributed by atoms with Crippen molar-refractivity contribution in [3.8, 4) is 17.2 Å². The van der Waals surface area contributed by atoms with Crippen molar-refractivity contribution >= 4 is 35.4 Å². The Labute approximate surface area is 203 Å². The number of nitrogens with zero attached hydrogens (tertiary/aromatic N) is 2. The van der Waals surface area contributed by atoms with Crippen LogP contribution in [0.2, 0.25) is 0 Å². The minimum Gasteiger partial charge on any atom is -0.454 e. The highest BCUT2D eigenvalue weighted by Crippen LogP contribution is 2.34. The molecule has 3 aromatic rings. The van der Waals surface area contributed by atoms with E-state index in [2.05, 4.69) is 15.8 Å². The van der Waals surface area contributed by atoms with Gasteiger partial charge in [-0.3, -0.25) is 19.7 Å². The summed E-state index contributed by atoms with van der Waals surface area (Å²) in [6, 6.07) is 14.5. The zero-order chi connectivity index (χ0) is 25.7. The smallest absolute Gasteiger partial charge is 0.343 e. The minimum absolute atomic E-state index is 0.0176. The Kier molecular flexibility index (Phi) is 6.86. The number of hydrogen-bond acceptors (Lipinski definition) is 9. The number of anilines is 1. The number of nitro benzene ring substituents is 1. The van der Waals surface area contributed by atoms with Gasteiger partial charge in [-0.2, -0.15) is 5.10 Å². The van der Waals surface area contributed by atoms with E-state index in [4.69, 9.17) is 14.2 Å². The van der Waals surface area contributed by atoms with E-state index in [1.54, 1.807) is 12.1 Å². The van der Waals surface area contributed by atoms with Crippen molar-refractivity contribution in [1.82, 2.24) is 5.43 Å². The van der Waals surface area contributed by atoms with Gasteiger partial charge in [0, 0.05) is 29.8 Å². The van der Waals surface area contributed by atoms with Gasteiger partial charge in [0.1, 0.15) is 0 Å². The molecule has 3 aromatic carbocycles. The summed E-state index contributed by atoms with van der Waals surface area (Å²) in [6.45, 7) is 1.38. The first-order chi connectivity index (χ1) is 17.3. The molecule has 182 valence electrons. The third-order valence-electron chi connectivity index (χ3n) is 4.86. The van der Waals surface area contributed by atoms with Crippen LogP contribution in [0.5, 0.6) is 17.2 Å². The van der Waals surface area contributed by atoms with E-state index in [9.17, 15) is 24.5 Å². The van der Waals surface area contributed by atoms with Gasteiger partial charge in [-0.15, -0.1) is 0 Å². The second-order valence-corrected chi connectivity index (χ2v) is 7.37. The van der Waals surface area contributed by atoms with Crippen molar-refractivity contribution in [3.05, 3.63) is 87.5 Å². The van der Waals surface area contributed by atoms with Gasteiger partial charge in [0.05, 0.1) is 16.7 Å². The number of amides is 2. The molecule has 12 nitrogen and oxygen atoms in total. The van der Waals surface area contributed by atoms with Crippen LogP contribution in [0, 0.1) is 10.1 Å². The SMILES string of the molecule is CC(=O)Nc1ccc(C(=O)N/N=C/c2cccc([N+](=O)[O-])c2OC(=O)c2ccc3c(c2)OCO3)cc1. The number of para-hydroxylation sites is 1. The highest BCUT2D eigenvalue weighted by atomic mass is 16.7. The lowest BCUT2D eigenvalue weighted by Crippen LogP contribution is -2.18. The second kappa shape index (κ2) is 10.3. The molecule has 2 amide bonds. The standard InChI is InChI=1S/C24H18N4O8/c1-14(29)26-18-8-5-15(6-9-18)23(30)27-25-12-17-3-2-4-19(28(32)33)22(17)36-24(31)16-7-10-20-21(11-16)35-13-34-20/h2-12H,13H2,1H3,(H,26,29)(H,27,30)/b25-12+. The van der Waals surface area contributed by atoms with E-state index in [-0.39, 0.29) is 35.1 Å². The third-order valence-corrected chi connectivity index (χ3v) is 4.86. The molecule has 0 radical (unpaired) electrons. The molecule has 0 bridgehead atoms. The third kappa shape index (κ3) is 5.44. The van der Waals surface area contributed by atoms with Gasteiger partial charge in [0.15, 0.2) is 11.5 Å². The lowest BCUT2D eigenvalue weighted by atomic mass is 10.1. The summed E-state index contributed by atoms with van der Waals surface area (Å²) >= 11 is 0. The molecular formula is C24H18N4O8. The fourth-order valence-corrected chi connectivity index (χ4v) is 3.21. The maximum atomic E-state index is 12.7. The highest BCUT2D eigenvalue weighted by Gasteiger charge is 2.24. The van der Waals surface area contributed by atoms with Crippen LogP contribution in [0.1, 0.15) is 33.2 Å². The number of hydrogen-bond donors (Lipinski definition) is 2. The molecule has 0 fully saturated rings. The Balaban J connectivity index is 1.51. The van der Waals surface area contributed by atoms with Gasteiger partial charge < -0.3 is 19.5 Å². The first kappa shape index (κ1) is 23.9. The Bertz CT molecular complexity index is 1390. The molecule has 36 heavy (non-hydrogen) atoms. The van der Waals surface area contributed by atoms with Crippen LogP contribution in [0.4, 0.5) is 11.4 Å². The van der Waals surface area contributed by atoms with Crippen LogP contribution in [0.25, 0.3) is 0 Å². The molecule has 0 atom stereocenters. The molecule has 1 aliphatic heterocycles. The van der Waals surface area contributed by atoms with Gasteiger partial charge in [-0.1, -0.05) is 6.07 Å². The predicted octanol–water partition coefficient (Wildman–Crippen LogP) is 3.27. The summed E-state index contributed by atoms with van der Waals surface area (Å²) in [4.78, 5) is 47.0. The lowest BCUT2D eigenvalue weighted by Gasteiger charge is -2.08. The highest BCUT2D eigenvalue weighted by molar-refractivity contribution is 5.97. The summed E-state index contributed by atoms with van der Waals surface area (Å²) in [7, 11) is 0. The zero-order valence-electron chi connectivity index (χ0n) is 18.7. The summed E-state index contributed by atoms with van der Waals surface area (Å²) in [5.74, 6) is -1.20. The van der Waals surface area contributed by atoms with E-state index in [0.29, 0.717) is 17.2 Å². The molecule has 1 heterocycles. The van der Waals surface area contributed by atoms with E-state index < -0.39 is 22.5 Å². The van der Waals surface area contributed by atoms with Crippen molar-refractivity contribution in [3.63, 3.8) is 0 Å². The Morgan fingerprint density at radius 2 is 1.75 bits per heavy atom. The van der Waals surface area contributed by atoms with Gasteiger partial charge in [-0.05, 0) is 48.5 Å². The summed E-state index contributed by atoms with van der Waals surface area (Å²) in [5, 5.41) is 18.0. The van der Waals surface area contributed by atoms with Crippen molar-refractivity contribution in [2.24, 2.45) is 5.10 Å². The Morgan fingerprint density at radius 1 is 1.03 bits per heavy atom. The number of nitro groups is 1. The van der Waals surface area contributed by atoms with E-state index >= 15 is 0 Å². The van der Waals surface area contributed by atoms with Gasteiger partial charge in [0.25, 0.3) is 5.91 Å². The second-order valence-electron chi connectivity index (χ2n) is 7.37. The van der Waals surface area contributed by atoms with Crippen LogP contribution >= 0.6 is 0 Å². The molecule has 1 aliphatic rings. The number of nitrogens with one attached hydrogen (secondary N) is 2. The molecule has 4 rings (SSSR count). The fourth-order valence-electron chi connectivity index (χ4n) is 3.21. The number of carbonyl (C=O) groups is 3. The average molecular weight is 490 g/mol. The van der Waals surface area contributed by atoms with Crippen molar-refractivity contribution in [2.45, 2.75) is 6.92 Å². The van der Waals surface area contributed by atoms with E-state index in [1.807, 2.05) is 0 Å². The predicted molar refractivity (Wildman–Crippen MR) is 126 cm³/mol. The Hall–Kier alpha value is -5.26. The first-order valence-corrected chi connectivity index (χ1v) is 10.4. The summed E-state index contributed by atoms with van der Waals surface area (Å²) in [5.41, 5.74) is 2.79. The number of rotatable bonds is 7. The largest absolute Gasteiger partial charge is 0.454 e. The van der Waals surface area contributed by atoms with Crippen molar-refractivity contribution in [1.29, 1.82) is 0 Å². The molecular weight excluding hydrogens is 472 g/mol. The zero-order valence-corrected chi connectivity index (χ0v) is 18.7. The molecule has 2 N–H and O–H groups in total.